The number of pyridine rings is 1. The second-order valence-electron chi connectivity index (χ2n) is 6.63. The monoisotopic (exact) mass is 378 g/mol. The largest absolute Gasteiger partial charge is 0.292 e. The summed E-state index contributed by atoms with van der Waals surface area (Å²) < 4.78 is 3.53. The first-order chi connectivity index (χ1) is 13.9. The molecule has 28 heavy (non-hydrogen) atoms. The summed E-state index contributed by atoms with van der Waals surface area (Å²) in [6.45, 7) is 0. The minimum atomic E-state index is 0.676. The van der Waals surface area contributed by atoms with Crippen molar-refractivity contribution in [2.45, 2.75) is 0 Å². The van der Waals surface area contributed by atoms with Crippen LogP contribution in [-0.2, 0) is 0 Å². The lowest BCUT2D eigenvalue weighted by molar-refractivity contribution is 1.04. The fourth-order valence-electron chi connectivity index (χ4n) is 3.82. The molecule has 0 bridgehead atoms. The van der Waals surface area contributed by atoms with E-state index in [9.17, 15) is 0 Å². The van der Waals surface area contributed by atoms with Crippen molar-refractivity contribution in [2.24, 2.45) is 0 Å². The summed E-state index contributed by atoms with van der Waals surface area (Å²) in [5, 5.41) is 5.87. The van der Waals surface area contributed by atoms with E-state index < -0.39 is 0 Å². The smallest absolute Gasteiger partial charge is 0.163 e. The highest BCUT2D eigenvalue weighted by Gasteiger charge is 2.16. The van der Waals surface area contributed by atoms with Gasteiger partial charge in [-0.25, -0.2) is 9.97 Å². The van der Waals surface area contributed by atoms with E-state index in [1.54, 1.807) is 23.7 Å². The number of hydrogen-bond acceptors (Lipinski definition) is 4. The SMILES string of the molecule is c1cncc(-c2nccc(-n3c4ccccc4c4ccc5ccsc5c43)n2)c1. The Morgan fingerprint density at radius 3 is 2.71 bits per heavy atom. The summed E-state index contributed by atoms with van der Waals surface area (Å²) in [6, 6.07) is 20.9. The zero-order chi connectivity index (χ0) is 18.5. The highest BCUT2D eigenvalue weighted by molar-refractivity contribution is 7.18. The number of thiophene rings is 1. The second-order valence-corrected chi connectivity index (χ2v) is 7.55. The Morgan fingerprint density at radius 1 is 0.821 bits per heavy atom. The summed E-state index contributed by atoms with van der Waals surface area (Å²) in [5.41, 5.74) is 3.25. The third-order valence-corrected chi connectivity index (χ3v) is 5.98. The number of nitrogens with zero attached hydrogens (tertiary/aromatic N) is 4. The van der Waals surface area contributed by atoms with Crippen molar-refractivity contribution < 1.29 is 0 Å². The van der Waals surface area contributed by atoms with Crippen molar-refractivity contribution in [3.8, 4) is 17.2 Å². The Hall–Kier alpha value is -3.57. The maximum atomic E-state index is 4.89. The van der Waals surface area contributed by atoms with Crippen molar-refractivity contribution in [1.82, 2.24) is 19.5 Å². The Morgan fingerprint density at radius 2 is 1.79 bits per heavy atom. The molecule has 4 heterocycles. The molecule has 6 rings (SSSR count). The lowest BCUT2D eigenvalue weighted by atomic mass is 10.1. The molecule has 6 aromatic rings. The lowest BCUT2D eigenvalue weighted by Gasteiger charge is -2.09. The summed E-state index contributed by atoms with van der Waals surface area (Å²) in [7, 11) is 0. The van der Waals surface area contributed by atoms with E-state index in [0.29, 0.717) is 5.82 Å². The number of aromatic nitrogens is 4. The molecule has 0 amide bonds. The molecule has 0 saturated heterocycles. The zero-order valence-corrected chi connectivity index (χ0v) is 15.6. The number of benzene rings is 2. The van der Waals surface area contributed by atoms with E-state index in [4.69, 9.17) is 4.98 Å². The van der Waals surface area contributed by atoms with E-state index in [2.05, 4.69) is 62.4 Å². The fraction of sp³-hybridized carbons (Fsp3) is 0. The molecule has 0 N–H and O–H groups in total. The van der Waals surface area contributed by atoms with E-state index >= 15 is 0 Å². The normalized spacial score (nSPS) is 11.6. The lowest BCUT2D eigenvalue weighted by Crippen LogP contribution is -2.00. The molecule has 0 aliphatic heterocycles. The third kappa shape index (κ3) is 2.20. The molecule has 0 radical (unpaired) electrons. The molecule has 4 aromatic heterocycles. The van der Waals surface area contributed by atoms with E-state index in [1.807, 2.05) is 24.4 Å². The van der Waals surface area contributed by atoms with Crippen LogP contribution in [0.2, 0.25) is 0 Å². The first-order valence-electron chi connectivity index (χ1n) is 9.03. The molecule has 0 aliphatic rings. The number of hydrogen-bond donors (Lipinski definition) is 0. The quantitative estimate of drug-likeness (QED) is 0.379. The molecular formula is C23H14N4S. The number of fused-ring (bicyclic) bond motifs is 5. The van der Waals surface area contributed by atoms with Gasteiger partial charge < -0.3 is 0 Å². The van der Waals surface area contributed by atoms with Crippen LogP contribution in [0.4, 0.5) is 0 Å². The summed E-state index contributed by atoms with van der Waals surface area (Å²) in [4.78, 5) is 13.6. The van der Waals surface area contributed by atoms with Gasteiger partial charge in [-0.2, -0.15) is 0 Å². The van der Waals surface area contributed by atoms with Gasteiger partial charge in [0.15, 0.2) is 5.82 Å². The molecule has 132 valence electrons. The molecular weight excluding hydrogens is 364 g/mol. The molecule has 0 fully saturated rings. The van der Waals surface area contributed by atoms with E-state index in [0.717, 1.165) is 16.9 Å². The predicted octanol–water partition coefficient (Wildman–Crippen LogP) is 5.85. The molecule has 0 spiro atoms. The van der Waals surface area contributed by atoms with Gasteiger partial charge in [0.25, 0.3) is 0 Å². The van der Waals surface area contributed by atoms with Crippen LogP contribution in [0.5, 0.6) is 0 Å². The van der Waals surface area contributed by atoms with Crippen LogP contribution >= 0.6 is 11.3 Å². The average molecular weight is 378 g/mol. The Labute approximate surface area is 164 Å². The summed E-state index contributed by atoms with van der Waals surface area (Å²) in [5.74, 6) is 1.54. The highest BCUT2D eigenvalue weighted by Crippen LogP contribution is 2.38. The zero-order valence-electron chi connectivity index (χ0n) is 14.8. The van der Waals surface area contributed by atoms with Crippen molar-refractivity contribution in [1.29, 1.82) is 0 Å². The van der Waals surface area contributed by atoms with Gasteiger partial charge in [0.2, 0.25) is 0 Å². The topological polar surface area (TPSA) is 43.6 Å². The average Bonchev–Trinajstić information content (AvgIpc) is 3.37. The number of rotatable bonds is 2. The van der Waals surface area contributed by atoms with Gasteiger partial charge in [-0.15, -0.1) is 11.3 Å². The Balaban J connectivity index is 1.73. The summed E-state index contributed by atoms with van der Waals surface area (Å²) in [6.07, 6.45) is 5.37. The van der Waals surface area contributed by atoms with E-state index in [-0.39, 0.29) is 0 Å². The van der Waals surface area contributed by atoms with Gasteiger partial charge in [-0.3, -0.25) is 9.55 Å². The first-order valence-corrected chi connectivity index (χ1v) is 9.91. The molecule has 0 unspecified atom stereocenters. The van der Waals surface area contributed by atoms with Gasteiger partial charge in [-0.05, 0) is 41.1 Å². The summed E-state index contributed by atoms with van der Waals surface area (Å²) >= 11 is 1.77. The van der Waals surface area contributed by atoms with Crippen LogP contribution in [-0.4, -0.2) is 19.5 Å². The molecule has 0 saturated carbocycles. The van der Waals surface area contributed by atoms with Gasteiger partial charge in [-0.1, -0.05) is 30.3 Å². The number of para-hydroxylation sites is 1. The maximum absolute atomic E-state index is 4.89. The van der Waals surface area contributed by atoms with Crippen LogP contribution in [0.25, 0.3) is 49.1 Å². The molecule has 4 nitrogen and oxygen atoms in total. The standard InChI is InChI=1S/C23H14N4S/c1-2-6-19-17(5-1)18-8-7-15-10-13-28-22(15)21(18)27(19)20-9-12-25-23(26-20)16-4-3-11-24-14-16/h1-14H. The highest BCUT2D eigenvalue weighted by atomic mass is 32.1. The van der Waals surface area contributed by atoms with Crippen molar-refractivity contribution in [3.63, 3.8) is 0 Å². The van der Waals surface area contributed by atoms with Crippen molar-refractivity contribution in [2.75, 3.05) is 0 Å². The predicted molar refractivity (Wildman–Crippen MR) is 115 cm³/mol. The van der Waals surface area contributed by atoms with Gasteiger partial charge >= 0.3 is 0 Å². The molecule has 5 heteroatoms. The van der Waals surface area contributed by atoms with Gasteiger partial charge in [0.1, 0.15) is 5.82 Å². The minimum absolute atomic E-state index is 0.676. The fourth-order valence-corrected chi connectivity index (χ4v) is 4.75. The van der Waals surface area contributed by atoms with Gasteiger partial charge in [0, 0.05) is 34.9 Å². The molecule has 0 aliphatic carbocycles. The van der Waals surface area contributed by atoms with Crippen LogP contribution in [0.3, 0.4) is 0 Å². The first kappa shape index (κ1) is 15.5. The minimum Gasteiger partial charge on any atom is -0.292 e. The van der Waals surface area contributed by atoms with Crippen LogP contribution in [0.1, 0.15) is 0 Å². The third-order valence-electron chi connectivity index (χ3n) is 5.04. The second kappa shape index (κ2) is 5.97. The van der Waals surface area contributed by atoms with Crippen LogP contribution < -0.4 is 0 Å². The molecule has 2 aromatic carbocycles. The maximum Gasteiger partial charge on any atom is 0.163 e. The van der Waals surface area contributed by atoms with Crippen molar-refractivity contribution in [3.05, 3.63) is 84.6 Å². The van der Waals surface area contributed by atoms with Crippen molar-refractivity contribution >= 4 is 43.2 Å². The van der Waals surface area contributed by atoms with Crippen LogP contribution in [0.15, 0.2) is 84.6 Å². The van der Waals surface area contributed by atoms with Gasteiger partial charge in [0.05, 0.1) is 15.7 Å². The van der Waals surface area contributed by atoms with E-state index in [1.165, 1.54) is 26.4 Å². The van der Waals surface area contributed by atoms with Crippen LogP contribution in [0, 0.1) is 0 Å². The molecule has 0 atom stereocenters. The Bertz CT molecular complexity index is 1460. The Kier molecular flexibility index (Phi) is 3.30.